The number of fused-ring (bicyclic) bond motifs is 1. The average molecular weight is 398 g/mol. The summed E-state index contributed by atoms with van der Waals surface area (Å²) in [6.45, 7) is 5.09. The van der Waals surface area contributed by atoms with Crippen LogP contribution in [-0.2, 0) is 16.1 Å². The zero-order valence-electron chi connectivity index (χ0n) is 17.1. The molecule has 7 nitrogen and oxygen atoms in total. The predicted octanol–water partition coefficient (Wildman–Crippen LogP) is 3.03. The summed E-state index contributed by atoms with van der Waals surface area (Å²) in [4.78, 5) is 26.5. The van der Waals surface area contributed by atoms with Crippen LogP contribution in [0.2, 0.25) is 0 Å². The van der Waals surface area contributed by atoms with Crippen molar-refractivity contribution in [3.8, 4) is 11.5 Å². The number of likely N-dealkylation sites (N-methyl/N-ethyl adjacent to an activating group) is 1. The highest BCUT2D eigenvalue weighted by molar-refractivity contribution is 5.92. The van der Waals surface area contributed by atoms with E-state index >= 15 is 0 Å². The normalized spacial score (nSPS) is 15.1. The van der Waals surface area contributed by atoms with E-state index in [0.29, 0.717) is 42.9 Å². The second-order valence-electron chi connectivity index (χ2n) is 7.69. The standard InChI is InChI=1S/C22H26N2O5/c1-14-10-18(15(2)24(14)17-5-6-17)22(26)29-13-21(25)23(3)12-16-4-7-19-20(11-16)28-9-8-27-19/h4,7,10-11,17H,5-6,8-9,12-13H2,1-3H3. The van der Waals surface area contributed by atoms with Gasteiger partial charge >= 0.3 is 5.97 Å². The van der Waals surface area contributed by atoms with Crippen LogP contribution in [0.25, 0.3) is 0 Å². The summed E-state index contributed by atoms with van der Waals surface area (Å²) in [5.41, 5.74) is 3.42. The number of aryl methyl sites for hydroxylation is 1. The van der Waals surface area contributed by atoms with E-state index in [1.165, 1.54) is 4.90 Å². The maximum Gasteiger partial charge on any atom is 0.340 e. The van der Waals surface area contributed by atoms with Crippen LogP contribution in [0.5, 0.6) is 11.5 Å². The van der Waals surface area contributed by atoms with Crippen molar-refractivity contribution in [2.24, 2.45) is 0 Å². The van der Waals surface area contributed by atoms with Crippen molar-refractivity contribution in [3.05, 3.63) is 46.8 Å². The molecule has 0 saturated heterocycles. The number of ether oxygens (including phenoxy) is 3. The van der Waals surface area contributed by atoms with Gasteiger partial charge in [-0.1, -0.05) is 6.07 Å². The second kappa shape index (κ2) is 7.81. The molecule has 4 rings (SSSR count). The molecule has 0 radical (unpaired) electrons. The molecular weight excluding hydrogens is 372 g/mol. The first-order chi connectivity index (χ1) is 13.9. The molecule has 0 N–H and O–H groups in total. The highest BCUT2D eigenvalue weighted by atomic mass is 16.6. The van der Waals surface area contributed by atoms with Crippen molar-refractivity contribution < 1.29 is 23.8 Å². The number of nitrogens with zero attached hydrogens (tertiary/aromatic N) is 2. The van der Waals surface area contributed by atoms with Crippen LogP contribution in [-0.4, -0.2) is 48.2 Å². The Labute approximate surface area is 170 Å². The molecular formula is C22H26N2O5. The van der Waals surface area contributed by atoms with E-state index in [2.05, 4.69) is 4.57 Å². The molecule has 0 atom stereocenters. The van der Waals surface area contributed by atoms with Gasteiger partial charge in [0.2, 0.25) is 0 Å². The minimum Gasteiger partial charge on any atom is -0.486 e. The maximum atomic E-state index is 12.5. The van der Waals surface area contributed by atoms with E-state index < -0.39 is 5.97 Å². The van der Waals surface area contributed by atoms with E-state index in [0.717, 1.165) is 29.8 Å². The fourth-order valence-electron chi connectivity index (χ4n) is 3.74. The van der Waals surface area contributed by atoms with Crippen LogP contribution in [0.4, 0.5) is 0 Å². The smallest absolute Gasteiger partial charge is 0.340 e. The van der Waals surface area contributed by atoms with E-state index in [1.54, 1.807) is 7.05 Å². The first kappa shape index (κ1) is 19.4. The summed E-state index contributed by atoms with van der Waals surface area (Å²) in [7, 11) is 1.69. The third-order valence-corrected chi connectivity index (χ3v) is 5.40. The van der Waals surface area contributed by atoms with Gasteiger partial charge in [-0.3, -0.25) is 4.79 Å². The zero-order chi connectivity index (χ0) is 20.5. The third kappa shape index (κ3) is 4.09. The van der Waals surface area contributed by atoms with Crippen molar-refractivity contribution in [1.82, 2.24) is 9.47 Å². The van der Waals surface area contributed by atoms with Gasteiger partial charge in [-0.2, -0.15) is 0 Å². The summed E-state index contributed by atoms with van der Waals surface area (Å²) < 4.78 is 18.6. The van der Waals surface area contributed by atoms with Crippen LogP contribution in [0.1, 0.15) is 46.2 Å². The lowest BCUT2D eigenvalue weighted by atomic mass is 10.2. The van der Waals surface area contributed by atoms with Gasteiger partial charge in [-0.15, -0.1) is 0 Å². The fraction of sp³-hybridized carbons (Fsp3) is 0.455. The van der Waals surface area contributed by atoms with Gasteiger partial charge in [0, 0.05) is 31.0 Å². The van der Waals surface area contributed by atoms with E-state index in [9.17, 15) is 9.59 Å². The topological polar surface area (TPSA) is 70.0 Å². The first-order valence-corrected chi connectivity index (χ1v) is 9.92. The molecule has 2 heterocycles. The third-order valence-electron chi connectivity index (χ3n) is 5.40. The van der Waals surface area contributed by atoms with E-state index in [1.807, 2.05) is 38.1 Å². The van der Waals surface area contributed by atoms with Crippen LogP contribution < -0.4 is 9.47 Å². The number of carbonyl (C=O) groups excluding carboxylic acids is 2. The number of benzene rings is 1. The molecule has 2 aliphatic rings. The molecule has 29 heavy (non-hydrogen) atoms. The highest BCUT2D eigenvalue weighted by Gasteiger charge is 2.29. The lowest BCUT2D eigenvalue weighted by Crippen LogP contribution is -2.31. The molecule has 7 heteroatoms. The average Bonchev–Trinajstić information content (AvgIpc) is 3.50. The number of rotatable bonds is 6. The minimum absolute atomic E-state index is 0.260. The number of hydrogen-bond donors (Lipinski definition) is 0. The molecule has 1 aliphatic heterocycles. The van der Waals surface area contributed by atoms with Gasteiger partial charge in [0.05, 0.1) is 5.56 Å². The molecule has 1 amide bonds. The molecule has 0 bridgehead atoms. The van der Waals surface area contributed by atoms with Crippen LogP contribution in [0, 0.1) is 13.8 Å². The Morgan fingerprint density at radius 3 is 2.59 bits per heavy atom. The molecule has 154 valence electrons. The van der Waals surface area contributed by atoms with E-state index in [-0.39, 0.29) is 12.5 Å². The summed E-state index contributed by atoms with van der Waals surface area (Å²) in [6, 6.07) is 7.96. The second-order valence-corrected chi connectivity index (χ2v) is 7.69. The number of amides is 1. The Hall–Kier alpha value is -2.96. The number of carbonyl (C=O) groups is 2. The molecule has 1 saturated carbocycles. The Balaban J connectivity index is 1.33. The highest BCUT2D eigenvalue weighted by Crippen LogP contribution is 2.38. The van der Waals surface area contributed by atoms with Gasteiger partial charge in [0.15, 0.2) is 18.1 Å². The Kier molecular flexibility index (Phi) is 5.22. The van der Waals surface area contributed by atoms with Crippen molar-refractivity contribution in [2.75, 3.05) is 26.9 Å². The van der Waals surface area contributed by atoms with Crippen molar-refractivity contribution >= 4 is 11.9 Å². The molecule has 2 aromatic rings. The summed E-state index contributed by atoms with van der Waals surface area (Å²) in [6.07, 6.45) is 2.29. The molecule has 1 aromatic carbocycles. The van der Waals surface area contributed by atoms with Gasteiger partial charge < -0.3 is 23.7 Å². The lowest BCUT2D eigenvalue weighted by Gasteiger charge is -2.21. The predicted molar refractivity (Wildman–Crippen MR) is 106 cm³/mol. The summed E-state index contributed by atoms with van der Waals surface area (Å²) in [5, 5.41) is 0. The van der Waals surface area contributed by atoms with Gasteiger partial charge in [-0.05, 0) is 50.5 Å². The van der Waals surface area contributed by atoms with Crippen molar-refractivity contribution in [3.63, 3.8) is 0 Å². The van der Waals surface area contributed by atoms with Crippen molar-refractivity contribution in [1.29, 1.82) is 0 Å². The fourth-order valence-corrected chi connectivity index (χ4v) is 3.74. The van der Waals surface area contributed by atoms with Gasteiger partial charge in [0.25, 0.3) is 5.91 Å². The van der Waals surface area contributed by atoms with Gasteiger partial charge in [0.1, 0.15) is 13.2 Å². The Morgan fingerprint density at radius 2 is 1.86 bits per heavy atom. The zero-order valence-corrected chi connectivity index (χ0v) is 17.1. The van der Waals surface area contributed by atoms with Gasteiger partial charge in [-0.25, -0.2) is 4.79 Å². The quantitative estimate of drug-likeness (QED) is 0.700. The van der Waals surface area contributed by atoms with Crippen molar-refractivity contribution in [2.45, 2.75) is 39.3 Å². The van der Waals surface area contributed by atoms with Crippen LogP contribution in [0.15, 0.2) is 24.3 Å². The molecule has 0 unspecified atom stereocenters. The van der Waals surface area contributed by atoms with Crippen LogP contribution in [0.3, 0.4) is 0 Å². The molecule has 1 aliphatic carbocycles. The molecule has 1 fully saturated rings. The number of aromatic nitrogens is 1. The lowest BCUT2D eigenvalue weighted by molar-refractivity contribution is -0.133. The molecule has 0 spiro atoms. The Bertz CT molecular complexity index is 945. The number of esters is 1. The minimum atomic E-state index is -0.453. The Morgan fingerprint density at radius 1 is 1.14 bits per heavy atom. The summed E-state index contributed by atoms with van der Waals surface area (Å²) in [5.74, 6) is 0.689. The monoisotopic (exact) mass is 398 g/mol. The van der Waals surface area contributed by atoms with Crippen LogP contribution >= 0.6 is 0 Å². The molecule has 1 aromatic heterocycles. The van der Waals surface area contributed by atoms with E-state index in [4.69, 9.17) is 14.2 Å². The largest absolute Gasteiger partial charge is 0.486 e. The SMILES string of the molecule is Cc1cc(C(=O)OCC(=O)N(C)Cc2ccc3c(c2)OCCO3)c(C)n1C1CC1. The summed E-state index contributed by atoms with van der Waals surface area (Å²) >= 11 is 0. The first-order valence-electron chi connectivity index (χ1n) is 9.92. The number of hydrogen-bond acceptors (Lipinski definition) is 5. The maximum absolute atomic E-state index is 12.5.